The average molecular weight is 322 g/mol. The second-order valence-corrected chi connectivity index (χ2v) is 7.84. The first kappa shape index (κ1) is 17.2. The van der Waals surface area contributed by atoms with Crippen LogP contribution < -0.4 is 0 Å². The topological polar surface area (TPSA) is 32.8 Å². The van der Waals surface area contributed by atoms with Gasteiger partial charge in [0.15, 0.2) is 0 Å². The van der Waals surface area contributed by atoms with Crippen LogP contribution in [-0.2, 0) is 9.53 Å². The molecule has 3 aliphatic rings. The number of ether oxygens (including phenoxy) is 1. The lowest BCUT2D eigenvalue weighted by molar-refractivity contribution is -0.130. The Bertz CT molecular complexity index is 401. The van der Waals surface area contributed by atoms with Crippen molar-refractivity contribution in [2.45, 2.75) is 83.4 Å². The molecule has 1 saturated carbocycles. The second-order valence-electron chi connectivity index (χ2n) is 7.84. The minimum Gasteiger partial charge on any atom is -0.377 e. The van der Waals surface area contributed by atoms with Crippen LogP contribution >= 0.6 is 0 Å². The third kappa shape index (κ3) is 4.08. The van der Waals surface area contributed by atoms with Gasteiger partial charge in [-0.1, -0.05) is 19.8 Å². The molecule has 132 valence electrons. The van der Waals surface area contributed by atoms with Gasteiger partial charge in [0, 0.05) is 32.1 Å². The Balaban J connectivity index is 1.48. The molecule has 2 heterocycles. The van der Waals surface area contributed by atoms with Gasteiger partial charge in [-0.15, -0.1) is 0 Å². The lowest BCUT2D eigenvalue weighted by Gasteiger charge is -2.35. The Labute approximate surface area is 141 Å². The zero-order chi connectivity index (χ0) is 16.2. The summed E-state index contributed by atoms with van der Waals surface area (Å²) in [4.78, 5) is 16.6. The highest BCUT2D eigenvalue weighted by Crippen LogP contribution is 2.30. The van der Waals surface area contributed by atoms with Crippen LogP contribution in [0.25, 0.3) is 0 Å². The highest BCUT2D eigenvalue weighted by Gasteiger charge is 2.38. The van der Waals surface area contributed by atoms with Gasteiger partial charge < -0.3 is 9.64 Å². The standard InChI is InChI=1S/C19H34N2O2/c1-15-7-3-4-10-19(15)23-14-13-20-11-5-8-17(20)18-9-6-12-21(18)16(2)22/h15,17-19H,3-14H2,1-2H3/t15-,17-,18+,19-/m0/s1. The lowest BCUT2D eigenvalue weighted by Crippen LogP contribution is -2.48. The molecule has 0 aromatic rings. The van der Waals surface area contributed by atoms with Crippen LogP contribution in [0.1, 0.15) is 65.2 Å². The largest absolute Gasteiger partial charge is 0.377 e. The van der Waals surface area contributed by atoms with E-state index >= 15 is 0 Å². The van der Waals surface area contributed by atoms with Gasteiger partial charge in [-0.3, -0.25) is 9.69 Å². The molecule has 3 fully saturated rings. The molecule has 1 aliphatic carbocycles. The number of carbonyl (C=O) groups is 1. The molecule has 0 aromatic carbocycles. The predicted molar refractivity (Wildman–Crippen MR) is 92.4 cm³/mol. The number of hydrogen-bond donors (Lipinski definition) is 0. The molecule has 23 heavy (non-hydrogen) atoms. The molecule has 0 radical (unpaired) electrons. The molecule has 4 heteroatoms. The zero-order valence-electron chi connectivity index (χ0n) is 15.0. The summed E-state index contributed by atoms with van der Waals surface area (Å²) in [5, 5.41) is 0. The summed E-state index contributed by atoms with van der Waals surface area (Å²) >= 11 is 0. The van der Waals surface area contributed by atoms with Crippen LogP contribution in [0.3, 0.4) is 0 Å². The van der Waals surface area contributed by atoms with E-state index in [1.807, 2.05) is 0 Å². The van der Waals surface area contributed by atoms with Gasteiger partial charge in [-0.2, -0.15) is 0 Å². The monoisotopic (exact) mass is 322 g/mol. The number of nitrogens with zero attached hydrogens (tertiary/aromatic N) is 2. The highest BCUT2D eigenvalue weighted by atomic mass is 16.5. The van der Waals surface area contributed by atoms with Gasteiger partial charge in [0.05, 0.1) is 12.7 Å². The highest BCUT2D eigenvalue weighted by molar-refractivity contribution is 5.74. The molecular formula is C19H34N2O2. The number of hydrogen-bond acceptors (Lipinski definition) is 3. The quantitative estimate of drug-likeness (QED) is 0.780. The lowest BCUT2D eigenvalue weighted by atomic mass is 9.88. The van der Waals surface area contributed by atoms with E-state index < -0.39 is 0 Å². The molecule has 1 amide bonds. The van der Waals surface area contributed by atoms with E-state index in [1.54, 1.807) is 6.92 Å². The van der Waals surface area contributed by atoms with Crippen molar-refractivity contribution >= 4 is 5.91 Å². The molecule has 0 bridgehead atoms. The Morgan fingerprint density at radius 2 is 1.74 bits per heavy atom. The first-order valence-corrected chi connectivity index (χ1v) is 9.79. The maximum absolute atomic E-state index is 11.9. The van der Waals surface area contributed by atoms with Crippen molar-refractivity contribution in [1.82, 2.24) is 9.80 Å². The molecule has 2 aliphatic heterocycles. The molecule has 2 saturated heterocycles. The second kappa shape index (κ2) is 7.98. The van der Waals surface area contributed by atoms with Crippen molar-refractivity contribution < 1.29 is 9.53 Å². The van der Waals surface area contributed by atoms with Gasteiger partial charge in [0.1, 0.15) is 0 Å². The fraction of sp³-hybridized carbons (Fsp3) is 0.947. The van der Waals surface area contributed by atoms with Gasteiger partial charge >= 0.3 is 0 Å². The Kier molecular flexibility index (Phi) is 5.97. The minimum atomic E-state index is 0.256. The summed E-state index contributed by atoms with van der Waals surface area (Å²) in [5.74, 6) is 0.979. The van der Waals surface area contributed by atoms with Gasteiger partial charge in [0.25, 0.3) is 0 Å². The van der Waals surface area contributed by atoms with Crippen LogP contribution in [0.2, 0.25) is 0 Å². The third-order valence-corrected chi connectivity index (χ3v) is 6.31. The molecule has 0 aromatic heterocycles. The summed E-state index contributed by atoms with van der Waals surface area (Å²) in [6.45, 7) is 8.10. The third-order valence-electron chi connectivity index (χ3n) is 6.31. The number of amides is 1. The van der Waals surface area contributed by atoms with Crippen molar-refractivity contribution in [3.05, 3.63) is 0 Å². The van der Waals surface area contributed by atoms with Crippen molar-refractivity contribution in [2.75, 3.05) is 26.2 Å². The molecule has 3 rings (SSSR count). The van der Waals surface area contributed by atoms with E-state index in [9.17, 15) is 4.79 Å². The van der Waals surface area contributed by atoms with E-state index in [2.05, 4.69) is 16.7 Å². The SMILES string of the molecule is CC(=O)N1CCC[C@@H]1[C@@H]1CCCN1CCO[C@H]1CCCC[C@@H]1C. The van der Waals surface area contributed by atoms with E-state index in [0.29, 0.717) is 18.2 Å². The normalized spacial score (nSPS) is 35.8. The van der Waals surface area contributed by atoms with E-state index in [-0.39, 0.29) is 5.91 Å². The first-order chi connectivity index (χ1) is 11.2. The summed E-state index contributed by atoms with van der Waals surface area (Å²) in [5.41, 5.74) is 0. The molecule has 0 unspecified atom stereocenters. The summed E-state index contributed by atoms with van der Waals surface area (Å²) < 4.78 is 6.22. The Morgan fingerprint density at radius 3 is 2.52 bits per heavy atom. The van der Waals surface area contributed by atoms with Gasteiger partial charge in [0.2, 0.25) is 5.91 Å². The Hall–Kier alpha value is -0.610. The fourth-order valence-electron chi connectivity index (χ4n) is 5.00. The van der Waals surface area contributed by atoms with Crippen LogP contribution in [0.15, 0.2) is 0 Å². The van der Waals surface area contributed by atoms with Crippen LogP contribution in [0, 0.1) is 5.92 Å². The average Bonchev–Trinajstić information content (AvgIpc) is 3.17. The van der Waals surface area contributed by atoms with Gasteiger partial charge in [-0.05, 0) is 51.0 Å². The van der Waals surface area contributed by atoms with Crippen LogP contribution in [-0.4, -0.2) is 60.1 Å². The van der Waals surface area contributed by atoms with Crippen molar-refractivity contribution in [2.24, 2.45) is 5.92 Å². The summed E-state index contributed by atoms with van der Waals surface area (Å²) in [7, 11) is 0. The number of likely N-dealkylation sites (tertiary alicyclic amines) is 2. The molecule has 4 atom stereocenters. The molecular weight excluding hydrogens is 288 g/mol. The molecule has 0 N–H and O–H groups in total. The van der Waals surface area contributed by atoms with E-state index in [1.165, 1.54) is 57.9 Å². The fourth-order valence-corrected chi connectivity index (χ4v) is 5.00. The summed E-state index contributed by atoms with van der Waals surface area (Å²) in [6, 6.07) is 1.01. The van der Waals surface area contributed by atoms with E-state index in [4.69, 9.17) is 4.74 Å². The minimum absolute atomic E-state index is 0.256. The Morgan fingerprint density at radius 1 is 1.00 bits per heavy atom. The van der Waals surface area contributed by atoms with Crippen LogP contribution in [0.5, 0.6) is 0 Å². The van der Waals surface area contributed by atoms with Crippen molar-refractivity contribution in [3.8, 4) is 0 Å². The summed E-state index contributed by atoms with van der Waals surface area (Å²) in [6.07, 6.45) is 10.6. The van der Waals surface area contributed by atoms with E-state index in [0.717, 1.165) is 25.6 Å². The zero-order valence-corrected chi connectivity index (χ0v) is 15.0. The predicted octanol–water partition coefficient (Wildman–Crippen LogP) is 3.06. The maximum Gasteiger partial charge on any atom is 0.219 e. The molecule has 0 spiro atoms. The van der Waals surface area contributed by atoms with Crippen molar-refractivity contribution in [3.63, 3.8) is 0 Å². The molecule has 4 nitrogen and oxygen atoms in total. The van der Waals surface area contributed by atoms with Gasteiger partial charge in [-0.25, -0.2) is 0 Å². The maximum atomic E-state index is 11.9. The number of rotatable bonds is 5. The smallest absolute Gasteiger partial charge is 0.219 e. The van der Waals surface area contributed by atoms with Crippen molar-refractivity contribution in [1.29, 1.82) is 0 Å². The number of carbonyl (C=O) groups excluding carboxylic acids is 1. The first-order valence-electron chi connectivity index (χ1n) is 9.79. The van der Waals surface area contributed by atoms with Crippen LogP contribution in [0.4, 0.5) is 0 Å².